The molecule has 3 rings (SSSR count). The fourth-order valence-electron chi connectivity index (χ4n) is 4.12. The first kappa shape index (κ1) is 25.1. The van der Waals surface area contributed by atoms with E-state index in [0.717, 1.165) is 30.6 Å². The highest BCUT2D eigenvalue weighted by Crippen LogP contribution is 2.34. The molecule has 0 bridgehead atoms. The molecule has 1 aliphatic rings. The number of amides is 3. The molecule has 0 saturated heterocycles. The van der Waals surface area contributed by atoms with Crippen molar-refractivity contribution in [2.24, 2.45) is 0 Å². The zero-order valence-corrected chi connectivity index (χ0v) is 21.1. The minimum atomic E-state index is -0.168. The van der Waals surface area contributed by atoms with Crippen molar-refractivity contribution < 1.29 is 14.3 Å². The highest BCUT2D eigenvalue weighted by molar-refractivity contribution is 7.10. The molecule has 0 spiro atoms. The lowest BCUT2D eigenvalue weighted by molar-refractivity contribution is -0.135. The lowest BCUT2D eigenvalue weighted by Crippen LogP contribution is -2.50. The number of nitrogens with zero attached hydrogens (tertiary/aromatic N) is 2. The molecule has 6 nitrogen and oxygen atoms in total. The number of carbonyl (C=O) groups excluding carboxylic acids is 2. The van der Waals surface area contributed by atoms with Crippen LogP contribution in [0.25, 0.3) is 0 Å². The quantitative estimate of drug-likeness (QED) is 0.518. The van der Waals surface area contributed by atoms with Crippen LogP contribution in [0.2, 0.25) is 0 Å². The molecule has 2 aromatic rings. The maximum Gasteiger partial charge on any atom is 0.317 e. The van der Waals surface area contributed by atoms with Crippen LogP contribution >= 0.6 is 11.3 Å². The predicted octanol–water partition coefficient (Wildman–Crippen LogP) is 5.21. The minimum Gasteiger partial charge on any atom is -0.491 e. The van der Waals surface area contributed by atoms with Gasteiger partial charge in [0.05, 0.1) is 6.04 Å². The first-order chi connectivity index (χ1) is 15.9. The number of rotatable bonds is 10. The van der Waals surface area contributed by atoms with Gasteiger partial charge in [-0.2, -0.15) is 0 Å². The molecule has 2 heterocycles. The molecule has 1 atom stereocenters. The number of fused-ring (bicyclic) bond motifs is 1. The Morgan fingerprint density at radius 1 is 1.18 bits per heavy atom. The van der Waals surface area contributed by atoms with Crippen LogP contribution in [0.1, 0.15) is 68.5 Å². The summed E-state index contributed by atoms with van der Waals surface area (Å²) < 4.78 is 6.16. The Hall–Kier alpha value is -2.54. The van der Waals surface area contributed by atoms with Crippen LogP contribution < -0.4 is 10.1 Å². The average molecular weight is 472 g/mol. The van der Waals surface area contributed by atoms with Gasteiger partial charge in [0.25, 0.3) is 0 Å². The van der Waals surface area contributed by atoms with Crippen molar-refractivity contribution in [2.75, 3.05) is 32.8 Å². The molecule has 1 aromatic heterocycles. The Morgan fingerprint density at radius 3 is 2.61 bits per heavy atom. The molecule has 3 amide bonds. The summed E-state index contributed by atoms with van der Waals surface area (Å²) in [5.41, 5.74) is 2.44. The second kappa shape index (κ2) is 12.1. The lowest BCUT2D eigenvalue weighted by atomic mass is 10.00. The summed E-state index contributed by atoms with van der Waals surface area (Å²) in [5, 5.41) is 4.99. The van der Waals surface area contributed by atoms with Crippen molar-refractivity contribution in [2.45, 2.75) is 58.9 Å². The molecule has 0 radical (unpaired) electrons. The van der Waals surface area contributed by atoms with E-state index < -0.39 is 0 Å². The van der Waals surface area contributed by atoms with Gasteiger partial charge in [0, 0.05) is 24.5 Å². The zero-order valence-electron chi connectivity index (χ0n) is 20.3. The number of hydrogen-bond acceptors (Lipinski definition) is 4. The molecular formula is C26H37N3O3S. The molecule has 0 unspecified atom stereocenters. The summed E-state index contributed by atoms with van der Waals surface area (Å²) in [6, 6.07) is 9.97. The predicted molar refractivity (Wildman–Crippen MR) is 134 cm³/mol. The Morgan fingerprint density at radius 2 is 1.94 bits per heavy atom. The molecule has 7 heteroatoms. The van der Waals surface area contributed by atoms with E-state index in [1.165, 1.54) is 10.4 Å². The first-order valence-electron chi connectivity index (χ1n) is 12.1. The van der Waals surface area contributed by atoms with Crippen LogP contribution in [0.15, 0.2) is 35.7 Å². The van der Waals surface area contributed by atoms with Crippen molar-refractivity contribution in [1.29, 1.82) is 0 Å². The van der Waals surface area contributed by atoms with Crippen molar-refractivity contribution in [3.05, 3.63) is 51.7 Å². The summed E-state index contributed by atoms with van der Waals surface area (Å²) in [4.78, 5) is 30.8. The van der Waals surface area contributed by atoms with Crippen LogP contribution in [0, 0.1) is 0 Å². The van der Waals surface area contributed by atoms with E-state index in [1.807, 2.05) is 30.9 Å². The zero-order chi connectivity index (χ0) is 23.8. The van der Waals surface area contributed by atoms with Gasteiger partial charge in [-0.05, 0) is 59.9 Å². The van der Waals surface area contributed by atoms with E-state index in [2.05, 4.69) is 42.7 Å². The van der Waals surface area contributed by atoms with E-state index in [0.29, 0.717) is 32.2 Å². The van der Waals surface area contributed by atoms with Gasteiger partial charge in [0.15, 0.2) is 0 Å². The van der Waals surface area contributed by atoms with E-state index in [9.17, 15) is 9.59 Å². The van der Waals surface area contributed by atoms with E-state index in [4.69, 9.17) is 4.74 Å². The highest BCUT2D eigenvalue weighted by Gasteiger charge is 2.33. The Labute approximate surface area is 201 Å². The number of urea groups is 1. The number of thiophene rings is 1. The largest absolute Gasteiger partial charge is 0.491 e. The number of hydrogen-bond donors (Lipinski definition) is 1. The summed E-state index contributed by atoms with van der Waals surface area (Å²) >= 11 is 1.74. The van der Waals surface area contributed by atoms with Crippen LogP contribution in [0.5, 0.6) is 5.75 Å². The third kappa shape index (κ3) is 6.50. The van der Waals surface area contributed by atoms with Gasteiger partial charge in [0.2, 0.25) is 5.91 Å². The van der Waals surface area contributed by atoms with Gasteiger partial charge in [-0.25, -0.2) is 4.79 Å². The highest BCUT2D eigenvalue weighted by atomic mass is 32.1. The second-order valence-electron chi connectivity index (χ2n) is 8.84. The SMILES string of the molecule is CCCNC(=O)N(CCC)CC(=O)N1CCc2sccc2[C@@H]1COc1ccc(C(C)C)cc1. The Kier molecular flexibility index (Phi) is 9.18. The molecule has 1 N–H and O–H groups in total. The van der Waals surface area contributed by atoms with Crippen molar-refractivity contribution in [3.63, 3.8) is 0 Å². The summed E-state index contributed by atoms with van der Waals surface area (Å²) in [5.74, 6) is 1.25. The summed E-state index contributed by atoms with van der Waals surface area (Å²) in [6.45, 7) is 10.7. The van der Waals surface area contributed by atoms with Gasteiger partial charge < -0.3 is 19.9 Å². The monoisotopic (exact) mass is 471 g/mol. The number of nitrogens with one attached hydrogen (secondary N) is 1. The molecule has 1 aromatic carbocycles. The van der Waals surface area contributed by atoms with Gasteiger partial charge >= 0.3 is 6.03 Å². The van der Waals surface area contributed by atoms with Gasteiger partial charge in [-0.1, -0.05) is 39.8 Å². The topological polar surface area (TPSA) is 61.9 Å². The molecular weight excluding hydrogens is 434 g/mol. The maximum atomic E-state index is 13.4. The smallest absolute Gasteiger partial charge is 0.317 e. The van der Waals surface area contributed by atoms with Crippen LogP contribution in [0.4, 0.5) is 4.79 Å². The van der Waals surface area contributed by atoms with Gasteiger partial charge in [-0.3, -0.25) is 4.79 Å². The van der Waals surface area contributed by atoms with Gasteiger partial charge in [0.1, 0.15) is 18.9 Å². The minimum absolute atomic E-state index is 0.0318. The van der Waals surface area contributed by atoms with Crippen molar-refractivity contribution in [3.8, 4) is 5.75 Å². The first-order valence-corrected chi connectivity index (χ1v) is 12.9. The van der Waals surface area contributed by atoms with Crippen LogP contribution in [-0.2, 0) is 11.2 Å². The van der Waals surface area contributed by atoms with Gasteiger partial charge in [-0.15, -0.1) is 11.3 Å². The number of carbonyl (C=O) groups is 2. The third-order valence-corrected chi connectivity index (χ3v) is 7.00. The Balaban J connectivity index is 1.72. The molecule has 0 saturated carbocycles. The lowest BCUT2D eigenvalue weighted by Gasteiger charge is -2.37. The fourth-order valence-corrected chi connectivity index (χ4v) is 5.05. The van der Waals surface area contributed by atoms with Crippen molar-refractivity contribution in [1.82, 2.24) is 15.1 Å². The molecule has 180 valence electrons. The van der Waals surface area contributed by atoms with E-state index >= 15 is 0 Å². The Bertz CT molecular complexity index is 910. The number of benzene rings is 1. The van der Waals surface area contributed by atoms with Crippen LogP contribution in [-0.4, -0.2) is 54.5 Å². The maximum absolute atomic E-state index is 13.4. The fraction of sp³-hybridized carbons (Fsp3) is 0.538. The second-order valence-corrected chi connectivity index (χ2v) is 9.84. The molecule has 33 heavy (non-hydrogen) atoms. The van der Waals surface area contributed by atoms with E-state index in [1.54, 1.807) is 16.2 Å². The summed E-state index contributed by atoms with van der Waals surface area (Å²) in [7, 11) is 0. The normalized spacial score (nSPS) is 15.3. The third-order valence-electron chi connectivity index (χ3n) is 6.00. The standard InChI is InChI=1S/C26H37N3O3S/c1-5-13-27-26(31)28(14-6-2)17-25(30)29-15-11-24-22(12-16-33-24)23(29)18-32-21-9-7-20(8-10-21)19(3)4/h7-10,12,16,19,23H,5-6,11,13-15,17-18H2,1-4H3,(H,27,31)/t23-/m0/s1. The summed E-state index contributed by atoms with van der Waals surface area (Å²) in [6.07, 6.45) is 2.51. The average Bonchev–Trinajstić information content (AvgIpc) is 3.30. The molecule has 0 fully saturated rings. The van der Waals surface area contributed by atoms with E-state index in [-0.39, 0.29) is 24.5 Å². The molecule has 1 aliphatic heterocycles. The van der Waals surface area contributed by atoms with Crippen LogP contribution in [0.3, 0.4) is 0 Å². The number of ether oxygens (including phenoxy) is 1. The van der Waals surface area contributed by atoms with Crippen molar-refractivity contribution >= 4 is 23.3 Å². The molecule has 0 aliphatic carbocycles.